The fourth-order valence-electron chi connectivity index (χ4n) is 3.13. The number of nitrogens with zero attached hydrogens (tertiary/aromatic N) is 1. The lowest BCUT2D eigenvalue weighted by Crippen LogP contribution is -2.54. The topological polar surface area (TPSA) is 69.6 Å². The van der Waals surface area contributed by atoms with Gasteiger partial charge in [0.25, 0.3) is 0 Å². The third kappa shape index (κ3) is 3.08. The van der Waals surface area contributed by atoms with Crippen LogP contribution in [0.15, 0.2) is 0 Å². The molecular formula is C14H24N2O3. The number of nitrogens with one attached hydrogen (secondary N) is 1. The molecule has 5 nitrogen and oxygen atoms in total. The van der Waals surface area contributed by atoms with Gasteiger partial charge in [0.2, 0.25) is 5.91 Å². The molecular weight excluding hydrogens is 244 g/mol. The molecule has 2 aliphatic rings. The molecule has 0 heterocycles. The van der Waals surface area contributed by atoms with Gasteiger partial charge in [-0.3, -0.25) is 9.59 Å². The fourth-order valence-corrected chi connectivity index (χ4v) is 3.13. The molecule has 5 heteroatoms. The molecule has 1 amide bonds. The van der Waals surface area contributed by atoms with Gasteiger partial charge in [-0.2, -0.15) is 0 Å². The largest absolute Gasteiger partial charge is 0.481 e. The van der Waals surface area contributed by atoms with Crippen LogP contribution in [0.3, 0.4) is 0 Å². The lowest BCUT2D eigenvalue weighted by atomic mass is 9.80. The molecule has 19 heavy (non-hydrogen) atoms. The Morgan fingerprint density at radius 3 is 2.32 bits per heavy atom. The minimum absolute atomic E-state index is 0.0571. The average Bonchev–Trinajstić information content (AvgIpc) is 3.17. The van der Waals surface area contributed by atoms with Crippen LogP contribution < -0.4 is 5.32 Å². The van der Waals surface area contributed by atoms with Crippen molar-refractivity contribution in [3.8, 4) is 0 Å². The molecule has 0 aliphatic heterocycles. The van der Waals surface area contributed by atoms with Crippen molar-refractivity contribution in [3.05, 3.63) is 0 Å². The second-order valence-corrected chi connectivity index (χ2v) is 6.18. The Labute approximate surface area is 114 Å². The number of carboxylic acids is 1. The number of aliphatic carboxylic acids is 1. The lowest BCUT2D eigenvalue weighted by molar-refractivity contribution is -0.140. The molecule has 0 aromatic heterocycles. The summed E-state index contributed by atoms with van der Waals surface area (Å²) in [5.41, 5.74) is 0.0571. The van der Waals surface area contributed by atoms with Gasteiger partial charge in [0.1, 0.15) is 0 Å². The highest BCUT2D eigenvalue weighted by Crippen LogP contribution is 2.39. The molecule has 2 aliphatic carbocycles. The van der Waals surface area contributed by atoms with Crippen LogP contribution in [0.4, 0.5) is 0 Å². The summed E-state index contributed by atoms with van der Waals surface area (Å²) in [7, 11) is 4.13. The Morgan fingerprint density at radius 2 is 1.84 bits per heavy atom. The molecule has 0 spiro atoms. The van der Waals surface area contributed by atoms with Crippen molar-refractivity contribution < 1.29 is 14.7 Å². The number of carbonyl (C=O) groups is 2. The standard InChI is InChI=1S/C14H24N2O3/c1-16(2)14(6-4-3-5-7-14)9-15-12(17)10-8-11(10)13(18)19/h10-11H,3-9H2,1-2H3,(H,15,17)(H,18,19)/t10-,11+/m1/s1. The van der Waals surface area contributed by atoms with Gasteiger partial charge in [-0.15, -0.1) is 0 Å². The summed E-state index contributed by atoms with van der Waals surface area (Å²) in [5.74, 6) is -1.69. The third-order valence-electron chi connectivity index (χ3n) is 4.77. The number of hydrogen-bond donors (Lipinski definition) is 2. The van der Waals surface area contributed by atoms with E-state index in [1.165, 1.54) is 19.3 Å². The third-order valence-corrected chi connectivity index (χ3v) is 4.77. The maximum absolute atomic E-state index is 11.9. The first-order chi connectivity index (χ1) is 8.96. The Kier molecular flexibility index (Phi) is 4.13. The van der Waals surface area contributed by atoms with Gasteiger partial charge in [-0.1, -0.05) is 19.3 Å². The molecule has 0 radical (unpaired) electrons. The summed E-state index contributed by atoms with van der Waals surface area (Å²) in [5, 5.41) is 11.8. The van der Waals surface area contributed by atoms with E-state index < -0.39 is 11.9 Å². The predicted molar refractivity (Wildman–Crippen MR) is 71.7 cm³/mol. The van der Waals surface area contributed by atoms with Crippen molar-refractivity contribution in [2.45, 2.75) is 44.1 Å². The van der Waals surface area contributed by atoms with E-state index in [4.69, 9.17) is 5.11 Å². The highest BCUT2D eigenvalue weighted by Gasteiger charge is 2.48. The van der Waals surface area contributed by atoms with Gasteiger partial charge in [0, 0.05) is 12.1 Å². The van der Waals surface area contributed by atoms with Crippen LogP contribution in [0, 0.1) is 11.8 Å². The van der Waals surface area contributed by atoms with Crippen LogP contribution >= 0.6 is 0 Å². The molecule has 2 N–H and O–H groups in total. The molecule has 2 fully saturated rings. The van der Waals surface area contributed by atoms with E-state index >= 15 is 0 Å². The smallest absolute Gasteiger partial charge is 0.307 e. The lowest BCUT2D eigenvalue weighted by Gasteiger charge is -2.43. The van der Waals surface area contributed by atoms with E-state index in [0.717, 1.165) is 12.8 Å². The van der Waals surface area contributed by atoms with Crippen LogP contribution in [0.1, 0.15) is 38.5 Å². The van der Waals surface area contributed by atoms with Crippen LogP contribution in [0.2, 0.25) is 0 Å². The molecule has 2 rings (SSSR count). The van der Waals surface area contributed by atoms with Gasteiger partial charge < -0.3 is 15.3 Å². The monoisotopic (exact) mass is 268 g/mol. The minimum Gasteiger partial charge on any atom is -0.481 e. The van der Waals surface area contributed by atoms with Crippen LogP contribution in [-0.4, -0.2) is 48.1 Å². The predicted octanol–water partition coefficient (Wildman–Crippen LogP) is 1.09. The zero-order valence-electron chi connectivity index (χ0n) is 11.8. The van der Waals surface area contributed by atoms with Crippen molar-refractivity contribution in [2.75, 3.05) is 20.6 Å². The van der Waals surface area contributed by atoms with E-state index in [1.807, 2.05) is 0 Å². The molecule has 0 aromatic carbocycles. The summed E-state index contributed by atoms with van der Waals surface area (Å²) in [6, 6.07) is 0. The average molecular weight is 268 g/mol. The van der Waals surface area contributed by atoms with Crippen LogP contribution in [0.5, 0.6) is 0 Å². The van der Waals surface area contributed by atoms with E-state index in [1.54, 1.807) is 0 Å². The van der Waals surface area contributed by atoms with Gasteiger partial charge >= 0.3 is 5.97 Å². The minimum atomic E-state index is -0.847. The number of hydrogen-bond acceptors (Lipinski definition) is 3. The van der Waals surface area contributed by atoms with Gasteiger partial charge in [-0.05, 0) is 33.4 Å². The van der Waals surface area contributed by atoms with Crippen LogP contribution in [0.25, 0.3) is 0 Å². The summed E-state index contributed by atoms with van der Waals surface area (Å²) in [6.45, 7) is 0.641. The molecule has 108 valence electrons. The zero-order valence-corrected chi connectivity index (χ0v) is 11.8. The Balaban J connectivity index is 1.86. The highest BCUT2D eigenvalue weighted by molar-refractivity contribution is 5.89. The van der Waals surface area contributed by atoms with E-state index in [9.17, 15) is 9.59 Å². The van der Waals surface area contributed by atoms with Crippen molar-refractivity contribution >= 4 is 11.9 Å². The SMILES string of the molecule is CN(C)C1(CNC(=O)[C@@H]2C[C@@H]2C(=O)O)CCCCC1. The first-order valence-corrected chi connectivity index (χ1v) is 7.14. The van der Waals surface area contributed by atoms with Gasteiger partial charge in [0.15, 0.2) is 0 Å². The van der Waals surface area contributed by atoms with E-state index in [0.29, 0.717) is 13.0 Å². The quantitative estimate of drug-likeness (QED) is 0.783. The summed E-state index contributed by atoms with van der Waals surface area (Å²) in [6.07, 6.45) is 6.38. The summed E-state index contributed by atoms with van der Waals surface area (Å²) < 4.78 is 0. The molecule has 0 unspecified atom stereocenters. The van der Waals surface area contributed by atoms with Crippen LogP contribution in [-0.2, 0) is 9.59 Å². The summed E-state index contributed by atoms with van der Waals surface area (Å²) in [4.78, 5) is 24.9. The normalized spacial score (nSPS) is 29.0. The van der Waals surface area contributed by atoms with Gasteiger partial charge in [0.05, 0.1) is 11.8 Å². The Hall–Kier alpha value is -1.10. The fraction of sp³-hybridized carbons (Fsp3) is 0.857. The van der Waals surface area contributed by atoms with Gasteiger partial charge in [-0.25, -0.2) is 0 Å². The number of carbonyl (C=O) groups excluding carboxylic acids is 1. The summed E-state index contributed by atoms with van der Waals surface area (Å²) >= 11 is 0. The zero-order chi connectivity index (χ0) is 14.0. The maximum Gasteiger partial charge on any atom is 0.307 e. The van der Waals surface area contributed by atoms with Crippen molar-refractivity contribution in [3.63, 3.8) is 0 Å². The molecule has 0 bridgehead atoms. The molecule has 2 saturated carbocycles. The maximum atomic E-state index is 11.9. The Bertz CT molecular complexity index is 362. The number of amides is 1. The van der Waals surface area contributed by atoms with Crippen molar-refractivity contribution in [2.24, 2.45) is 11.8 Å². The van der Waals surface area contributed by atoms with E-state index in [2.05, 4.69) is 24.3 Å². The molecule has 2 atom stereocenters. The number of likely N-dealkylation sites (N-methyl/N-ethyl adjacent to an activating group) is 1. The molecule has 0 aromatic rings. The second kappa shape index (κ2) is 5.49. The second-order valence-electron chi connectivity index (χ2n) is 6.18. The highest BCUT2D eigenvalue weighted by atomic mass is 16.4. The Morgan fingerprint density at radius 1 is 1.21 bits per heavy atom. The van der Waals surface area contributed by atoms with E-state index in [-0.39, 0.29) is 17.4 Å². The first-order valence-electron chi connectivity index (χ1n) is 7.14. The number of carboxylic acid groups (broad SMARTS) is 1. The first kappa shape index (κ1) is 14.3. The van der Waals surface area contributed by atoms with Crippen molar-refractivity contribution in [1.82, 2.24) is 10.2 Å². The van der Waals surface area contributed by atoms with Crippen molar-refractivity contribution in [1.29, 1.82) is 0 Å². The number of rotatable bonds is 5. The molecule has 0 saturated heterocycles.